The standard InChI is InChI=1S/C25H26F6N2O5/c1-5-38-23(35)33-14(2)9-19(21-18(33)7-6-8-20(21)36-3)32(22(34)37-4)13-15-10-16(24(26,27)28)12-17(11-15)25(29,30)31/h6-8,10-12,14,19H,5,9,13H2,1-4H3/t14-,19+/m1/s1. The summed E-state index contributed by atoms with van der Waals surface area (Å²) in [6.45, 7) is 2.75. The Kier molecular flexibility index (Phi) is 8.37. The Bertz CT molecular complexity index is 1150. The van der Waals surface area contributed by atoms with E-state index in [1.54, 1.807) is 32.0 Å². The van der Waals surface area contributed by atoms with E-state index in [4.69, 9.17) is 14.2 Å². The number of carbonyl (C=O) groups excluding carboxylic acids is 2. The first-order valence-electron chi connectivity index (χ1n) is 11.5. The summed E-state index contributed by atoms with van der Waals surface area (Å²) in [6, 6.07) is 4.38. The lowest BCUT2D eigenvalue weighted by Crippen LogP contribution is -2.47. The molecule has 0 saturated heterocycles. The van der Waals surface area contributed by atoms with E-state index in [1.807, 2.05) is 0 Å². The molecule has 1 aliphatic heterocycles. The average molecular weight is 548 g/mol. The smallest absolute Gasteiger partial charge is 0.416 e. The van der Waals surface area contributed by atoms with Gasteiger partial charge in [0, 0.05) is 18.2 Å². The van der Waals surface area contributed by atoms with E-state index >= 15 is 0 Å². The number of amides is 2. The normalized spacial score (nSPS) is 17.5. The number of hydrogen-bond acceptors (Lipinski definition) is 5. The van der Waals surface area contributed by atoms with Crippen LogP contribution in [0.2, 0.25) is 0 Å². The van der Waals surface area contributed by atoms with E-state index < -0.39 is 59.9 Å². The molecular weight excluding hydrogens is 522 g/mol. The van der Waals surface area contributed by atoms with Crippen LogP contribution in [0.25, 0.3) is 0 Å². The molecule has 208 valence electrons. The van der Waals surface area contributed by atoms with E-state index in [-0.39, 0.29) is 24.8 Å². The number of nitrogens with zero attached hydrogens (tertiary/aromatic N) is 2. The van der Waals surface area contributed by atoms with Crippen LogP contribution in [0.15, 0.2) is 36.4 Å². The van der Waals surface area contributed by atoms with Gasteiger partial charge < -0.3 is 14.2 Å². The van der Waals surface area contributed by atoms with Crippen LogP contribution in [0.5, 0.6) is 5.75 Å². The molecule has 0 saturated carbocycles. The molecule has 2 aromatic rings. The van der Waals surface area contributed by atoms with Gasteiger partial charge in [0.15, 0.2) is 0 Å². The lowest BCUT2D eigenvalue weighted by molar-refractivity contribution is -0.143. The molecule has 3 rings (SSSR count). The minimum atomic E-state index is -5.05. The second-order valence-electron chi connectivity index (χ2n) is 8.57. The lowest BCUT2D eigenvalue weighted by atomic mass is 9.89. The van der Waals surface area contributed by atoms with Crippen molar-refractivity contribution in [3.8, 4) is 5.75 Å². The van der Waals surface area contributed by atoms with Gasteiger partial charge in [-0.25, -0.2) is 9.59 Å². The van der Waals surface area contributed by atoms with Gasteiger partial charge in [0.25, 0.3) is 0 Å². The lowest BCUT2D eigenvalue weighted by Gasteiger charge is -2.43. The minimum absolute atomic E-state index is 0.0181. The van der Waals surface area contributed by atoms with Crippen molar-refractivity contribution in [2.75, 3.05) is 25.7 Å². The molecular formula is C25H26F6N2O5. The first-order valence-corrected chi connectivity index (χ1v) is 11.5. The van der Waals surface area contributed by atoms with Crippen LogP contribution in [0.4, 0.5) is 41.6 Å². The van der Waals surface area contributed by atoms with Crippen molar-refractivity contribution in [1.29, 1.82) is 0 Å². The van der Waals surface area contributed by atoms with Crippen LogP contribution >= 0.6 is 0 Å². The summed E-state index contributed by atoms with van der Waals surface area (Å²) in [5.74, 6) is 0.252. The Morgan fingerprint density at radius 3 is 2.13 bits per heavy atom. The van der Waals surface area contributed by atoms with Crippen molar-refractivity contribution in [2.45, 2.75) is 51.2 Å². The predicted octanol–water partition coefficient (Wildman–Crippen LogP) is 6.80. The highest BCUT2D eigenvalue weighted by Gasteiger charge is 2.42. The van der Waals surface area contributed by atoms with E-state index in [2.05, 4.69) is 0 Å². The van der Waals surface area contributed by atoms with Crippen molar-refractivity contribution in [2.24, 2.45) is 0 Å². The maximum absolute atomic E-state index is 13.4. The maximum atomic E-state index is 13.4. The molecule has 0 spiro atoms. The van der Waals surface area contributed by atoms with E-state index in [0.717, 1.165) is 12.0 Å². The first-order chi connectivity index (χ1) is 17.7. The first kappa shape index (κ1) is 28.9. The Labute approximate surface area is 214 Å². The third-order valence-corrected chi connectivity index (χ3v) is 6.11. The number of methoxy groups -OCH3 is 2. The fourth-order valence-corrected chi connectivity index (χ4v) is 4.52. The second kappa shape index (κ2) is 11.0. The summed E-state index contributed by atoms with van der Waals surface area (Å²) >= 11 is 0. The molecule has 38 heavy (non-hydrogen) atoms. The quantitative estimate of drug-likeness (QED) is 0.385. The number of halogens is 6. The number of fused-ring (bicyclic) bond motifs is 1. The zero-order valence-corrected chi connectivity index (χ0v) is 20.9. The van der Waals surface area contributed by atoms with Gasteiger partial charge in [-0.05, 0) is 56.2 Å². The molecule has 7 nitrogen and oxygen atoms in total. The summed E-state index contributed by atoms with van der Waals surface area (Å²) < 4.78 is 96.1. The Hall–Kier alpha value is -3.64. The van der Waals surface area contributed by atoms with Gasteiger partial charge >= 0.3 is 24.5 Å². The molecule has 0 unspecified atom stereocenters. The molecule has 2 atom stereocenters. The summed E-state index contributed by atoms with van der Waals surface area (Å²) in [5.41, 5.74) is -2.77. The molecule has 1 heterocycles. The molecule has 0 aliphatic carbocycles. The maximum Gasteiger partial charge on any atom is 0.416 e. The predicted molar refractivity (Wildman–Crippen MR) is 124 cm³/mol. The van der Waals surface area contributed by atoms with Crippen LogP contribution in [-0.2, 0) is 28.4 Å². The molecule has 2 amide bonds. The highest BCUT2D eigenvalue weighted by molar-refractivity contribution is 5.91. The third kappa shape index (κ3) is 5.91. The van der Waals surface area contributed by atoms with Gasteiger partial charge in [0.2, 0.25) is 0 Å². The van der Waals surface area contributed by atoms with Gasteiger partial charge in [-0.1, -0.05) is 6.07 Å². The van der Waals surface area contributed by atoms with Crippen LogP contribution in [0, 0.1) is 0 Å². The van der Waals surface area contributed by atoms with Gasteiger partial charge in [-0.3, -0.25) is 9.80 Å². The summed E-state index contributed by atoms with van der Waals surface area (Å²) in [7, 11) is 2.40. The molecule has 0 fully saturated rings. The molecule has 13 heteroatoms. The van der Waals surface area contributed by atoms with Gasteiger partial charge in [-0.15, -0.1) is 0 Å². The number of alkyl halides is 6. The minimum Gasteiger partial charge on any atom is -0.496 e. The summed E-state index contributed by atoms with van der Waals surface area (Å²) in [5, 5.41) is 0. The summed E-state index contributed by atoms with van der Waals surface area (Å²) in [4.78, 5) is 28.0. The molecule has 0 aromatic heterocycles. The molecule has 1 aliphatic rings. The number of carbonyl (C=O) groups is 2. The van der Waals surface area contributed by atoms with Gasteiger partial charge in [0.05, 0.1) is 43.7 Å². The van der Waals surface area contributed by atoms with E-state index in [1.165, 1.54) is 12.0 Å². The van der Waals surface area contributed by atoms with Gasteiger partial charge in [0.1, 0.15) is 5.75 Å². The zero-order valence-electron chi connectivity index (χ0n) is 20.9. The fourth-order valence-electron chi connectivity index (χ4n) is 4.52. The topological polar surface area (TPSA) is 68.3 Å². The molecule has 2 aromatic carbocycles. The number of benzene rings is 2. The Morgan fingerprint density at radius 1 is 1.03 bits per heavy atom. The Balaban J connectivity index is 2.17. The fraction of sp³-hybridized carbons (Fsp3) is 0.440. The number of anilines is 1. The van der Waals surface area contributed by atoms with Crippen molar-refractivity contribution in [3.63, 3.8) is 0 Å². The third-order valence-electron chi connectivity index (χ3n) is 6.11. The van der Waals surface area contributed by atoms with Crippen LogP contribution in [0.3, 0.4) is 0 Å². The van der Waals surface area contributed by atoms with Crippen molar-refractivity contribution in [3.05, 3.63) is 58.7 Å². The summed E-state index contributed by atoms with van der Waals surface area (Å²) in [6.07, 6.45) is -11.7. The van der Waals surface area contributed by atoms with E-state index in [0.29, 0.717) is 23.4 Å². The zero-order chi connectivity index (χ0) is 28.4. The highest BCUT2D eigenvalue weighted by atomic mass is 19.4. The van der Waals surface area contributed by atoms with Crippen LogP contribution < -0.4 is 9.64 Å². The molecule has 0 N–H and O–H groups in total. The number of hydrogen-bond donors (Lipinski definition) is 0. The monoisotopic (exact) mass is 548 g/mol. The Morgan fingerprint density at radius 2 is 1.63 bits per heavy atom. The van der Waals surface area contributed by atoms with Crippen molar-refractivity contribution < 1.29 is 50.1 Å². The van der Waals surface area contributed by atoms with Crippen LogP contribution in [-0.4, -0.2) is 44.0 Å². The second-order valence-corrected chi connectivity index (χ2v) is 8.57. The van der Waals surface area contributed by atoms with E-state index in [9.17, 15) is 35.9 Å². The van der Waals surface area contributed by atoms with Crippen molar-refractivity contribution >= 4 is 17.9 Å². The molecule has 0 bridgehead atoms. The van der Waals surface area contributed by atoms with Crippen LogP contribution in [0.1, 0.15) is 48.6 Å². The highest BCUT2D eigenvalue weighted by Crippen LogP contribution is 2.46. The average Bonchev–Trinajstić information content (AvgIpc) is 2.84. The van der Waals surface area contributed by atoms with Gasteiger partial charge in [-0.2, -0.15) is 26.3 Å². The molecule has 0 radical (unpaired) electrons. The largest absolute Gasteiger partial charge is 0.496 e. The SMILES string of the molecule is CCOC(=O)N1c2cccc(OC)c2[C@@H](N(Cc2cc(C(F)(F)F)cc(C(F)(F)F)c2)C(=O)OC)C[C@H]1C. The number of rotatable bonds is 5. The van der Waals surface area contributed by atoms with Crippen molar-refractivity contribution in [1.82, 2.24) is 4.90 Å². The number of ether oxygens (including phenoxy) is 3.